The summed E-state index contributed by atoms with van der Waals surface area (Å²) in [5.41, 5.74) is 0.0214. The molecule has 0 aliphatic heterocycles. The SMILES string of the molecule is [2H]c1c([2H])c([2H])c(/C=C/C=O)c([2H])c1[2H]. The van der Waals surface area contributed by atoms with Crippen molar-refractivity contribution in [3.63, 3.8) is 0 Å². The van der Waals surface area contributed by atoms with Crippen LogP contribution in [0, 0.1) is 0 Å². The summed E-state index contributed by atoms with van der Waals surface area (Å²) in [6.45, 7) is 0. The van der Waals surface area contributed by atoms with E-state index in [4.69, 9.17) is 6.85 Å². The highest BCUT2D eigenvalue weighted by Crippen LogP contribution is 1.99. The first kappa shape index (κ1) is 2.70. The Kier molecular flexibility index (Phi) is 0.978. The van der Waals surface area contributed by atoms with E-state index in [0.717, 1.165) is 6.08 Å². The summed E-state index contributed by atoms with van der Waals surface area (Å²) >= 11 is 0. The molecule has 50 valence electrons. The molecule has 0 unspecified atom stereocenters. The highest BCUT2D eigenvalue weighted by molar-refractivity contribution is 5.73. The van der Waals surface area contributed by atoms with Crippen molar-refractivity contribution in [3.8, 4) is 0 Å². The van der Waals surface area contributed by atoms with E-state index in [9.17, 15) is 4.79 Å². The van der Waals surface area contributed by atoms with Gasteiger partial charge in [-0.2, -0.15) is 0 Å². The van der Waals surface area contributed by atoms with Gasteiger partial charge in [-0.3, -0.25) is 4.79 Å². The average molecular weight is 137 g/mol. The molecule has 0 aliphatic carbocycles. The van der Waals surface area contributed by atoms with E-state index in [1.807, 2.05) is 0 Å². The fourth-order valence-electron chi connectivity index (χ4n) is 0.479. The number of aldehydes is 1. The van der Waals surface area contributed by atoms with Crippen LogP contribution in [0.4, 0.5) is 0 Å². The maximum absolute atomic E-state index is 10.1. The fraction of sp³-hybridized carbons (Fsp3) is 0. The van der Waals surface area contributed by atoms with Crippen LogP contribution in [0.25, 0.3) is 6.08 Å². The molecule has 0 bridgehead atoms. The van der Waals surface area contributed by atoms with Gasteiger partial charge in [-0.25, -0.2) is 0 Å². The van der Waals surface area contributed by atoms with Gasteiger partial charge in [0.25, 0.3) is 0 Å². The Labute approximate surface area is 67.0 Å². The van der Waals surface area contributed by atoms with Crippen molar-refractivity contribution in [3.05, 3.63) is 41.9 Å². The molecule has 0 aliphatic rings. The molecule has 0 saturated heterocycles. The van der Waals surface area contributed by atoms with Crippen molar-refractivity contribution >= 4 is 12.4 Å². The van der Waals surface area contributed by atoms with Crippen molar-refractivity contribution in [2.45, 2.75) is 0 Å². The largest absolute Gasteiger partial charge is 0.299 e. The molecular formula is C9H8O. The number of hydrogen-bond donors (Lipinski definition) is 0. The lowest BCUT2D eigenvalue weighted by Gasteiger charge is -1.86. The summed E-state index contributed by atoms with van der Waals surface area (Å²) in [4.78, 5) is 10.1. The Balaban J connectivity index is 3.52. The molecule has 1 aromatic carbocycles. The van der Waals surface area contributed by atoms with Crippen LogP contribution in [0.3, 0.4) is 0 Å². The minimum Gasteiger partial charge on any atom is -0.299 e. The molecule has 0 spiro atoms. The van der Waals surface area contributed by atoms with Gasteiger partial charge in [0.15, 0.2) is 0 Å². The van der Waals surface area contributed by atoms with Crippen molar-refractivity contribution < 1.29 is 11.6 Å². The van der Waals surface area contributed by atoms with Crippen LogP contribution in [0.1, 0.15) is 12.4 Å². The Morgan fingerprint density at radius 1 is 1.30 bits per heavy atom. The smallest absolute Gasteiger partial charge is 0.142 e. The Hall–Kier alpha value is -1.37. The van der Waals surface area contributed by atoms with Crippen molar-refractivity contribution in [1.29, 1.82) is 0 Å². The summed E-state index contributed by atoms with van der Waals surface area (Å²) in [5, 5.41) is 0. The lowest BCUT2D eigenvalue weighted by Crippen LogP contribution is -1.67. The summed E-state index contributed by atoms with van der Waals surface area (Å²) in [6, 6.07) is -1.85. The van der Waals surface area contributed by atoms with Crippen LogP contribution in [0.2, 0.25) is 0 Å². The zero-order valence-corrected chi connectivity index (χ0v) is 5.14. The number of rotatable bonds is 2. The lowest BCUT2D eigenvalue weighted by molar-refractivity contribution is -0.104. The van der Waals surface area contributed by atoms with Gasteiger partial charge in [-0.05, 0) is 11.6 Å². The quantitative estimate of drug-likeness (QED) is 0.449. The molecule has 1 heteroatoms. The van der Waals surface area contributed by atoms with Crippen molar-refractivity contribution in [1.82, 2.24) is 0 Å². The van der Waals surface area contributed by atoms with Gasteiger partial charge < -0.3 is 0 Å². The first-order valence-electron chi connectivity index (χ1n) is 5.19. The molecular weight excluding hydrogens is 124 g/mol. The number of hydrogen-bond acceptors (Lipinski definition) is 1. The van der Waals surface area contributed by atoms with Crippen LogP contribution in [0.5, 0.6) is 0 Å². The maximum atomic E-state index is 10.1. The summed E-state index contributed by atoms with van der Waals surface area (Å²) < 4.78 is 37.0. The Bertz CT molecular complexity index is 410. The second kappa shape index (κ2) is 3.62. The Morgan fingerprint density at radius 2 is 2.00 bits per heavy atom. The molecule has 1 rings (SSSR count). The highest BCUT2D eigenvalue weighted by Gasteiger charge is 1.79. The third kappa shape index (κ3) is 1.86. The first-order valence-corrected chi connectivity index (χ1v) is 2.69. The third-order valence-corrected chi connectivity index (χ3v) is 0.861. The van der Waals surface area contributed by atoms with Gasteiger partial charge in [-0.15, -0.1) is 0 Å². The first-order chi connectivity index (χ1) is 7.00. The zero-order valence-electron chi connectivity index (χ0n) is 10.1. The highest BCUT2D eigenvalue weighted by atomic mass is 16.1. The summed E-state index contributed by atoms with van der Waals surface area (Å²) in [6.07, 6.45) is 2.78. The monoisotopic (exact) mass is 137 g/mol. The molecule has 0 fully saturated rings. The van der Waals surface area contributed by atoms with Crippen LogP contribution in [-0.4, -0.2) is 6.29 Å². The van der Waals surface area contributed by atoms with E-state index in [1.54, 1.807) is 0 Å². The summed E-state index contributed by atoms with van der Waals surface area (Å²) in [7, 11) is 0. The number of allylic oxidation sites excluding steroid dienone is 1. The molecule has 0 atom stereocenters. The van der Waals surface area contributed by atoms with Gasteiger partial charge in [0.2, 0.25) is 0 Å². The van der Waals surface area contributed by atoms with E-state index in [2.05, 4.69) is 0 Å². The van der Waals surface area contributed by atoms with Gasteiger partial charge in [0.1, 0.15) is 6.29 Å². The predicted octanol–water partition coefficient (Wildman–Crippen LogP) is 1.90. The zero-order chi connectivity index (χ0) is 11.6. The second-order valence-electron chi connectivity index (χ2n) is 1.53. The van der Waals surface area contributed by atoms with Crippen molar-refractivity contribution in [2.24, 2.45) is 0 Å². The van der Waals surface area contributed by atoms with E-state index < -0.39 is 18.1 Å². The van der Waals surface area contributed by atoms with Crippen LogP contribution < -0.4 is 0 Å². The van der Waals surface area contributed by atoms with Gasteiger partial charge in [0.05, 0.1) is 6.85 Å². The molecule has 1 nitrogen and oxygen atoms in total. The number of carbonyl (C=O) groups excluding carboxylic acids is 1. The maximum Gasteiger partial charge on any atom is 0.142 e. The van der Waals surface area contributed by atoms with Gasteiger partial charge >= 0.3 is 0 Å². The number of carbonyl (C=O) groups is 1. The standard InChI is InChI=1S/C9H8O/c10-8-4-7-9-5-2-1-3-6-9/h1-8H/b7-4+/i1D,2D,3D,5D,6D. The van der Waals surface area contributed by atoms with E-state index in [-0.39, 0.29) is 17.6 Å². The molecule has 0 saturated carbocycles. The molecule has 10 heavy (non-hydrogen) atoms. The Morgan fingerprint density at radius 3 is 2.60 bits per heavy atom. The molecule has 1 aromatic rings. The van der Waals surface area contributed by atoms with E-state index in [1.165, 1.54) is 6.08 Å². The number of benzene rings is 1. The molecule has 0 heterocycles. The summed E-state index contributed by atoms with van der Waals surface area (Å²) in [5.74, 6) is 0. The fourth-order valence-corrected chi connectivity index (χ4v) is 0.479. The van der Waals surface area contributed by atoms with E-state index >= 15 is 0 Å². The van der Waals surface area contributed by atoms with Gasteiger partial charge in [-0.1, -0.05) is 36.3 Å². The lowest BCUT2D eigenvalue weighted by atomic mass is 10.2. The molecule has 0 N–H and O–H groups in total. The molecule has 0 amide bonds. The van der Waals surface area contributed by atoms with Gasteiger partial charge in [0, 0.05) is 0 Å². The van der Waals surface area contributed by atoms with Crippen molar-refractivity contribution in [2.75, 3.05) is 0 Å². The van der Waals surface area contributed by atoms with Crippen LogP contribution in [-0.2, 0) is 4.79 Å². The normalized spacial score (nSPS) is 17.0. The van der Waals surface area contributed by atoms with Crippen LogP contribution >= 0.6 is 0 Å². The minimum atomic E-state index is -0.437. The van der Waals surface area contributed by atoms with Crippen LogP contribution in [0.15, 0.2) is 36.3 Å². The average Bonchev–Trinajstić information content (AvgIpc) is 2.24. The topological polar surface area (TPSA) is 17.1 Å². The molecule has 0 radical (unpaired) electrons. The third-order valence-electron chi connectivity index (χ3n) is 0.861. The predicted molar refractivity (Wildman–Crippen MR) is 41.5 cm³/mol. The van der Waals surface area contributed by atoms with E-state index in [0.29, 0.717) is 6.29 Å². The molecule has 0 aromatic heterocycles. The second-order valence-corrected chi connectivity index (χ2v) is 1.53. The minimum absolute atomic E-state index is 0.0214.